The van der Waals surface area contributed by atoms with Gasteiger partial charge in [-0.25, -0.2) is 4.99 Å². The lowest BCUT2D eigenvalue weighted by Gasteiger charge is -2.08. The summed E-state index contributed by atoms with van der Waals surface area (Å²) in [4.78, 5) is 32.4. The van der Waals surface area contributed by atoms with E-state index in [-0.39, 0.29) is 18.3 Å². The lowest BCUT2D eigenvalue weighted by molar-refractivity contribution is -0.123. The standard InChI is InChI=1S/C18H16Cl2N6O2/c19-10-6-7-12(20)13(8-10)23-15(27)9-14-16(28)25-18(24-14)26-17(21)22-11-4-2-1-3-5-11/h1-8,14H,9H2,(H,23,27)(H4,21,22,24,25,26,28)/t14-/m1/s1. The quantitative estimate of drug-likeness (QED) is 0.450. The van der Waals surface area contributed by atoms with Crippen molar-refractivity contribution >= 4 is 58.3 Å². The van der Waals surface area contributed by atoms with E-state index in [0.29, 0.717) is 15.7 Å². The zero-order chi connectivity index (χ0) is 20.1. The molecule has 2 amide bonds. The molecule has 0 unspecified atom stereocenters. The van der Waals surface area contributed by atoms with Crippen molar-refractivity contribution in [3.63, 3.8) is 0 Å². The minimum atomic E-state index is -0.916. The predicted octanol–water partition coefficient (Wildman–Crippen LogP) is 2.60. The van der Waals surface area contributed by atoms with Crippen molar-refractivity contribution in [2.45, 2.75) is 12.5 Å². The molecule has 2 aromatic carbocycles. The van der Waals surface area contributed by atoms with Crippen molar-refractivity contribution in [3.8, 4) is 0 Å². The van der Waals surface area contributed by atoms with Crippen LogP contribution in [0.2, 0.25) is 10.0 Å². The maximum atomic E-state index is 12.2. The van der Waals surface area contributed by atoms with Crippen LogP contribution >= 0.6 is 23.2 Å². The summed E-state index contributed by atoms with van der Waals surface area (Å²) in [6.45, 7) is 0. The highest BCUT2D eigenvalue weighted by Crippen LogP contribution is 2.25. The molecule has 144 valence electrons. The van der Waals surface area contributed by atoms with E-state index in [1.807, 2.05) is 30.3 Å². The van der Waals surface area contributed by atoms with Gasteiger partial charge in [-0.15, -0.1) is 0 Å². The molecule has 0 saturated carbocycles. The van der Waals surface area contributed by atoms with Gasteiger partial charge in [0.15, 0.2) is 0 Å². The molecule has 0 spiro atoms. The second-order valence-electron chi connectivity index (χ2n) is 5.82. The molecule has 28 heavy (non-hydrogen) atoms. The van der Waals surface area contributed by atoms with Crippen LogP contribution in [0.5, 0.6) is 0 Å². The van der Waals surface area contributed by atoms with E-state index >= 15 is 0 Å². The van der Waals surface area contributed by atoms with Gasteiger partial charge in [0.1, 0.15) is 6.04 Å². The summed E-state index contributed by atoms with van der Waals surface area (Å²) in [6, 6.07) is 12.9. The first-order valence-electron chi connectivity index (χ1n) is 8.20. The summed E-state index contributed by atoms with van der Waals surface area (Å²) in [5.74, 6) is -0.794. The number of rotatable bonds is 4. The van der Waals surface area contributed by atoms with Crippen molar-refractivity contribution in [2.24, 2.45) is 15.7 Å². The number of nitrogens with one attached hydrogen (secondary N) is 3. The molecule has 0 bridgehead atoms. The van der Waals surface area contributed by atoms with Crippen LogP contribution in [0.3, 0.4) is 0 Å². The molecule has 1 aliphatic heterocycles. The number of benzene rings is 2. The lowest BCUT2D eigenvalue weighted by Crippen LogP contribution is -2.32. The van der Waals surface area contributed by atoms with Gasteiger partial charge in [0.25, 0.3) is 5.91 Å². The van der Waals surface area contributed by atoms with Gasteiger partial charge in [-0.05, 0) is 30.3 Å². The van der Waals surface area contributed by atoms with Gasteiger partial charge < -0.3 is 16.4 Å². The maximum absolute atomic E-state index is 12.2. The second kappa shape index (κ2) is 8.73. The highest BCUT2D eigenvalue weighted by Gasteiger charge is 2.28. The largest absolute Gasteiger partial charge is 0.369 e. The average Bonchev–Trinajstić information content (AvgIpc) is 2.97. The molecular formula is C18H16Cl2N6O2. The Balaban J connectivity index is 1.62. The number of halogens is 2. The topological polar surface area (TPSA) is 121 Å². The Morgan fingerprint density at radius 2 is 1.93 bits per heavy atom. The van der Waals surface area contributed by atoms with Gasteiger partial charge in [0.2, 0.25) is 17.8 Å². The molecular weight excluding hydrogens is 403 g/mol. The minimum Gasteiger partial charge on any atom is -0.369 e. The van der Waals surface area contributed by atoms with E-state index in [9.17, 15) is 9.59 Å². The maximum Gasteiger partial charge on any atom is 0.252 e. The fourth-order valence-corrected chi connectivity index (χ4v) is 2.75. The van der Waals surface area contributed by atoms with Crippen LogP contribution < -0.4 is 21.7 Å². The Kier molecular flexibility index (Phi) is 6.13. The third-order valence-corrected chi connectivity index (χ3v) is 4.23. The summed E-state index contributed by atoms with van der Waals surface area (Å²) >= 11 is 11.9. The van der Waals surface area contributed by atoms with Crippen LogP contribution in [0.1, 0.15) is 6.42 Å². The predicted molar refractivity (Wildman–Crippen MR) is 111 cm³/mol. The average molecular weight is 419 g/mol. The molecule has 10 heteroatoms. The Hall–Kier alpha value is -3.10. The smallest absolute Gasteiger partial charge is 0.252 e. The van der Waals surface area contributed by atoms with Crippen molar-refractivity contribution < 1.29 is 9.59 Å². The summed E-state index contributed by atoms with van der Waals surface area (Å²) in [6.07, 6.45) is -0.181. The molecule has 2 aromatic rings. The zero-order valence-corrected chi connectivity index (χ0v) is 16.0. The molecule has 5 N–H and O–H groups in total. The third-order valence-electron chi connectivity index (χ3n) is 3.67. The van der Waals surface area contributed by atoms with Crippen LogP contribution in [0.15, 0.2) is 58.5 Å². The molecule has 0 aromatic heterocycles. The van der Waals surface area contributed by atoms with Gasteiger partial charge in [-0.3, -0.25) is 14.9 Å². The SMILES string of the molecule is NC(=NC1=N[C@H](CC(=O)Nc2cc(Cl)ccc2Cl)C(=O)N1)Nc1ccccc1. The van der Waals surface area contributed by atoms with E-state index in [0.717, 1.165) is 5.69 Å². The number of nitrogens with two attached hydrogens (primary N) is 1. The van der Waals surface area contributed by atoms with E-state index < -0.39 is 17.9 Å². The second-order valence-corrected chi connectivity index (χ2v) is 6.67. The molecule has 3 rings (SSSR count). The lowest BCUT2D eigenvalue weighted by atomic mass is 10.2. The van der Waals surface area contributed by atoms with Crippen LogP contribution in [0.4, 0.5) is 11.4 Å². The Morgan fingerprint density at radius 1 is 1.18 bits per heavy atom. The Morgan fingerprint density at radius 3 is 2.68 bits per heavy atom. The van der Waals surface area contributed by atoms with Crippen molar-refractivity contribution in [1.82, 2.24) is 5.32 Å². The monoisotopic (exact) mass is 418 g/mol. The fraction of sp³-hybridized carbons (Fsp3) is 0.111. The Labute approximate surface area is 170 Å². The number of carbonyl (C=O) groups is 2. The molecule has 0 saturated heterocycles. The first-order valence-corrected chi connectivity index (χ1v) is 8.96. The highest BCUT2D eigenvalue weighted by atomic mass is 35.5. The number of guanidine groups is 2. The number of aliphatic imine (C=N–C) groups is 2. The highest BCUT2D eigenvalue weighted by molar-refractivity contribution is 6.35. The van der Waals surface area contributed by atoms with Gasteiger partial charge >= 0.3 is 0 Å². The Bertz CT molecular complexity index is 962. The van der Waals surface area contributed by atoms with Crippen LogP contribution in [-0.2, 0) is 9.59 Å². The van der Waals surface area contributed by atoms with Gasteiger partial charge in [-0.1, -0.05) is 41.4 Å². The van der Waals surface area contributed by atoms with E-state index in [1.54, 1.807) is 12.1 Å². The number of nitrogens with zero attached hydrogens (tertiary/aromatic N) is 2. The third kappa shape index (κ3) is 5.21. The van der Waals surface area contributed by atoms with Gasteiger partial charge in [0.05, 0.1) is 17.1 Å². The number of amides is 2. The molecule has 1 heterocycles. The molecule has 0 aliphatic carbocycles. The van der Waals surface area contributed by atoms with E-state index in [4.69, 9.17) is 28.9 Å². The first kappa shape index (κ1) is 19.7. The van der Waals surface area contributed by atoms with Crippen molar-refractivity contribution in [1.29, 1.82) is 0 Å². The van der Waals surface area contributed by atoms with E-state index in [2.05, 4.69) is 25.9 Å². The first-order chi connectivity index (χ1) is 13.4. The molecule has 1 aliphatic rings. The number of hydrogen-bond acceptors (Lipinski definition) is 4. The number of para-hydroxylation sites is 1. The number of carbonyl (C=O) groups excluding carboxylic acids is 2. The van der Waals surface area contributed by atoms with Crippen LogP contribution in [-0.4, -0.2) is 29.8 Å². The summed E-state index contributed by atoms with van der Waals surface area (Å²) in [7, 11) is 0. The summed E-state index contributed by atoms with van der Waals surface area (Å²) < 4.78 is 0. The molecule has 8 nitrogen and oxygen atoms in total. The number of hydrogen-bond donors (Lipinski definition) is 4. The van der Waals surface area contributed by atoms with Crippen LogP contribution in [0.25, 0.3) is 0 Å². The summed E-state index contributed by atoms with van der Waals surface area (Å²) in [5.41, 5.74) is 6.91. The normalized spacial score (nSPS) is 16.4. The fourth-order valence-electron chi connectivity index (χ4n) is 2.41. The molecule has 0 fully saturated rings. The summed E-state index contributed by atoms with van der Waals surface area (Å²) in [5, 5.41) is 8.73. The minimum absolute atomic E-state index is 0.0320. The van der Waals surface area contributed by atoms with Gasteiger partial charge in [-0.2, -0.15) is 4.99 Å². The zero-order valence-electron chi connectivity index (χ0n) is 14.4. The van der Waals surface area contributed by atoms with Gasteiger partial charge in [0, 0.05) is 10.7 Å². The van der Waals surface area contributed by atoms with E-state index in [1.165, 1.54) is 6.07 Å². The van der Waals surface area contributed by atoms with Crippen molar-refractivity contribution in [2.75, 3.05) is 10.6 Å². The molecule has 1 atom stereocenters. The number of anilines is 2. The molecule has 0 radical (unpaired) electrons. The van der Waals surface area contributed by atoms with Crippen molar-refractivity contribution in [3.05, 3.63) is 58.6 Å². The van der Waals surface area contributed by atoms with Crippen LogP contribution in [0, 0.1) is 0 Å².